The summed E-state index contributed by atoms with van der Waals surface area (Å²) in [6.07, 6.45) is 0. The molecule has 0 N–H and O–H groups in total. The molecule has 0 unspecified atom stereocenters. The van der Waals surface area contributed by atoms with E-state index in [2.05, 4.69) is 22.6 Å². The van der Waals surface area contributed by atoms with Crippen molar-refractivity contribution in [2.45, 2.75) is 13.1 Å². The summed E-state index contributed by atoms with van der Waals surface area (Å²) in [5.74, 6) is 0.958. The molecule has 1 heterocycles. The number of benzene rings is 2. The van der Waals surface area contributed by atoms with Gasteiger partial charge in [0.2, 0.25) is 0 Å². The molecule has 0 saturated carbocycles. The summed E-state index contributed by atoms with van der Waals surface area (Å²) < 4.78 is 6.18. The number of halogens is 1. The van der Waals surface area contributed by atoms with E-state index in [1.165, 1.54) is 0 Å². The minimum atomic E-state index is 0.126. The van der Waals surface area contributed by atoms with E-state index in [4.69, 9.17) is 4.74 Å². The third-order valence-corrected chi connectivity index (χ3v) is 4.39. The van der Waals surface area contributed by atoms with E-state index in [1.807, 2.05) is 47.4 Å². The molecule has 20 heavy (non-hydrogen) atoms. The predicted octanol–water partition coefficient (Wildman–Crippen LogP) is 3.46. The number of rotatable bonds is 3. The van der Waals surface area contributed by atoms with E-state index < -0.39 is 0 Å². The molecule has 0 spiro atoms. The fourth-order valence-electron chi connectivity index (χ4n) is 2.45. The molecular weight excluding hydrogens is 365 g/mol. The van der Waals surface area contributed by atoms with Crippen LogP contribution in [0.4, 0.5) is 0 Å². The van der Waals surface area contributed by atoms with Crippen LogP contribution in [0, 0.1) is 3.57 Å². The first-order valence-electron chi connectivity index (χ1n) is 6.38. The zero-order valence-electron chi connectivity index (χ0n) is 11.1. The summed E-state index contributed by atoms with van der Waals surface area (Å²) >= 11 is 2.23. The van der Waals surface area contributed by atoms with Gasteiger partial charge in [-0.15, -0.1) is 0 Å². The minimum Gasteiger partial charge on any atom is -0.497 e. The lowest BCUT2D eigenvalue weighted by molar-refractivity contribution is 0.0766. The van der Waals surface area contributed by atoms with E-state index in [9.17, 15) is 4.79 Å². The van der Waals surface area contributed by atoms with Gasteiger partial charge >= 0.3 is 0 Å². The van der Waals surface area contributed by atoms with Gasteiger partial charge in [-0.05, 0) is 51.9 Å². The molecule has 1 aliphatic rings. The summed E-state index contributed by atoms with van der Waals surface area (Å²) in [6.45, 7) is 1.32. The maximum atomic E-state index is 12.4. The highest BCUT2D eigenvalue weighted by Gasteiger charge is 2.28. The Morgan fingerprint density at radius 1 is 1.20 bits per heavy atom. The number of hydrogen-bond donors (Lipinski definition) is 0. The van der Waals surface area contributed by atoms with Gasteiger partial charge in [0.1, 0.15) is 5.75 Å². The van der Waals surface area contributed by atoms with Crippen molar-refractivity contribution in [3.63, 3.8) is 0 Å². The standard InChI is InChI=1S/C16H14INO2/c1-20-13-7-5-11(6-8-13)9-18-10-12-3-2-4-14(17)15(12)16(18)19/h2-8H,9-10H2,1H3. The van der Waals surface area contributed by atoms with Crippen molar-refractivity contribution in [3.05, 3.63) is 62.7 Å². The Labute approximate surface area is 131 Å². The van der Waals surface area contributed by atoms with E-state index in [1.54, 1.807) is 7.11 Å². The number of hydrogen-bond acceptors (Lipinski definition) is 2. The highest BCUT2D eigenvalue weighted by Crippen LogP contribution is 2.28. The highest BCUT2D eigenvalue weighted by atomic mass is 127. The van der Waals surface area contributed by atoms with Gasteiger partial charge in [0.25, 0.3) is 5.91 Å². The van der Waals surface area contributed by atoms with Crippen LogP contribution in [0.5, 0.6) is 5.75 Å². The molecular formula is C16H14INO2. The molecule has 2 aromatic rings. The van der Waals surface area contributed by atoms with Gasteiger partial charge in [0, 0.05) is 16.7 Å². The summed E-state index contributed by atoms with van der Waals surface area (Å²) in [5.41, 5.74) is 3.10. The first kappa shape index (κ1) is 13.4. The van der Waals surface area contributed by atoms with Gasteiger partial charge in [0.15, 0.2) is 0 Å². The van der Waals surface area contributed by atoms with E-state index in [0.717, 1.165) is 26.0 Å². The highest BCUT2D eigenvalue weighted by molar-refractivity contribution is 14.1. The molecule has 0 aliphatic carbocycles. The molecule has 0 atom stereocenters. The normalized spacial score (nSPS) is 13.5. The van der Waals surface area contributed by atoms with Crippen molar-refractivity contribution < 1.29 is 9.53 Å². The fourth-order valence-corrected chi connectivity index (χ4v) is 3.24. The van der Waals surface area contributed by atoms with Gasteiger partial charge in [-0.1, -0.05) is 24.3 Å². The summed E-state index contributed by atoms with van der Waals surface area (Å²) in [6, 6.07) is 13.9. The van der Waals surface area contributed by atoms with Crippen molar-refractivity contribution in [2.75, 3.05) is 7.11 Å². The van der Waals surface area contributed by atoms with Crippen molar-refractivity contribution in [3.8, 4) is 5.75 Å². The molecule has 2 aromatic carbocycles. The molecule has 0 radical (unpaired) electrons. The van der Waals surface area contributed by atoms with Gasteiger partial charge in [-0.2, -0.15) is 0 Å². The second-order valence-electron chi connectivity index (χ2n) is 4.78. The number of fused-ring (bicyclic) bond motifs is 1. The number of carbonyl (C=O) groups is 1. The van der Waals surface area contributed by atoms with Gasteiger partial charge < -0.3 is 9.64 Å². The Bertz CT molecular complexity index is 652. The average Bonchev–Trinajstić information content (AvgIpc) is 2.78. The Hall–Kier alpha value is -1.56. The lowest BCUT2D eigenvalue weighted by atomic mass is 10.1. The first-order valence-corrected chi connectivity index (χ1v) is 7.46. The molecule has 1 aliphatic heterocycles. The maximum absolute atomic E-state index is 12.4. The Kier molecular flexibility index (Phi) is 3.65. The Morgan fingerprint density at radius 3 is 2.60 bits per heavy atom. The quantitative estimate of drug-likeness (QED) is 0.765. The molecule has 4 heteroatoms. The lowest BCUT2D eigenvalue weighted by Crippen LogP contribution is -2.23. The molecule has 0 fully saturated rings. The fraction of sp³-hybridized carbons (Fsp3) is 0.188. The second-order valence-corrected chi connectivity index (χ2v) is 5.95. The van der Waals surface area contributed by atoms with Crippen molar-refractivity contribution in [1.82, 2.24) is 4.90 Å². The van der Waals surface area contributed by atoms with Crippen LogP contribution in [0.1, 0.15) is 21.5 Å². The van der Waals surface area contributed by atoms with Crippen molar-refractivity contribution in [1.29, 1.82) is 0 Å². The van der Waals surface area contributed by atoms with Crippen molar-refractivity contribution in [2.24, 2.45) is 0 Å². The monoisotopic (exact) mass is 379 g/mol. The maximum Gasteiger partial charge on any atom is 0.255 e. The van der Waals surface area contributed by atoms with E-state index in [0.29, 0.717) is 13.1 Å². The SMILES string of the molecule is COc1ccc(CN2Cc3cccc(I)c3C2=O)cc1. The molecule has 1 amide bonds. The van der Waals surface area contributed by atoms with Gasteiger partial charge in [-0.25, -0.2) is 0 Å². The summed E-state index contributed by atoms with van der Waals surface area (Å²) in [4.78, 5) is 14.3. The third kappa shape index (κ3) is 2.40. The smallest absolute Gasteiger partial charge is 0.255 e. The number of ether oxygens (including phenoxy) is 1. The minimum absolute atomic E-state index is 0.126. The van der Waals surface area contributed by atoms with Crippen LogP contribution >= 0.6 is 22.6 Å². The second kappa shape index (κ2) is 5.44. The third-order valence-electron chi connectivity index (χ3n) is 3.49. The van der Waals surface area contributed by atoms with Gasteiger partial charge in [-0.3, -0.25) is 4.79 Å². The first-order chi connectivity index (χ1) is 9.69. The van der Waals surface area contributed by atoms with Crippen LogP contribution in [0.15, 0.2) is 42.5 Å². The molecule has 102 valence electrons. The zero-order chi connectivity index (χ0) is 14.1. The van der Waals surface area contributed by atoms with Gasteiger partial charge in [0.05, 0.1) is 12.7 Å². The predicted molar refractivity (Wildman–Crippen MR) is 85.7 cm³/mol. The van der Waals surface area contributed by atoms with E-state index >= 15 is 0 Å². The van der Waals surface area contributed by atoms with Crippen LogP contribution in [0.3, 0.4) is 0 Å². The van der Waals surface area contributed by atoms with Crippen molar-refractivity contribution >= 4 is 28.5 Å². The largest absolute Gasteiger partial charge is 0.497 e. The number of amides is 1. The number of methoxy groups -OCH3 is 1. The van der Waals surface area contributed by atoms with E-state index in [-0.39, 0.29) is 5.91 Å². The van der Waals surface area contributed by atoms with Crippen LogP contribution < -0.4 is 4.74 Å². The zero-order valence-corrected chi connectivity index (χ0v) is 13.3. The topological polar surface area (TPSA) is 29.5 Å². The Morgan fingerprint density at radius 2 is 1.95 bits per heavy atom. The number of carbonyl (C=O) groups excluding carboxylic acids is 1. The average molecular weight is 379 g/mol. The van der Waals surface area contributed by atoms with Crippen LogP contribution in [0.2, 0.25) is 0 Å². The summed E-state index contributed by atoms with van der Waals surface area (Å²) in [5, 5.41) is 0. The number of nitrogens with zero attached hydrogens (tertiary/aromatic N) is 1. The molecule has 3 rings (SSSR count). The molecule has 0 bridgehead atoms. The Balaban J connectivity index is 1.80. The molecule has 0 aromatic heterocycles. The lowest BCUT2D eigenvalue weighted by Gasteiger charge is -2.15. The van der Waals surface area contributed by atoms with Crippen LogP contribution in [-0.2, 0) is 13.1 Å². The molecule has 3 nitrogen and oxygen atoms in total. The summed E-state index contributed by atoms with van der Waals surface area (Å²) in [7, 11) is 1.65. The van der Waals surface area contributed by atoms with Crippen LogP contribution in [-0.4, -0.2) is 17.9 Å². The van der Waals surface area contributed by atoms with Crippen LogP contribution in [0.25, 0.3) is 0 Å². The molecule has 0 saturated heterocycles.